The van der Waals surface area contributed by atoms with E-state index in [4.69, 9.17) is 4.74 Å². The Labute approximate surface area is 151 Å². The number of hydrogen-bond donors (Lipinski definition) is 1. The summed E-state index contributed by atoms with van der Waals surface area (Å²) >= 11 is 0. The van der Waals surface area contributed by atoms with E-state index in [9.17, 15) is 4.79 Å². The molecule has 6 heteroatoms. The first kappa shape index (κ1) is 19.9. The maximum atomic E-state index is 12.8. The van der Waals surface area contributed by atoms with E-state index in [1.54, 1.807) is 0 Å². The van der Waals surface area contributed by atoms with Crippen molar-refractivity contribution in [3.8, 4) is 0 Å². The number of aryl methyl sites for hydroxylation is 3. The minimum Gasteiger partial charge on any atom is -0.373 e. The predicted octanol–water partition coefficient (Wildman–Crippen LogP) is 2.14. The van der Waals surface area contributed by atoms with Crippen molar-refractivity contribution in [2.24, 2.45) is 5.92 Å². The summed E-state index contributed by atoms with van der Waals surface area (Å²) in [7, 11) is 0. The van der Waals surface area contributed by atoms with Crippen LogP contribution in [0.25, 0.3) is 0 Å². The van der Waals surface area contributed by atoms with Crippen molar-refractivity contribution < 1.29 is 9.53 Å². The van der Waals surface area contributed by atoms with E-state index in [1.807, 2.05) is 11.6 Å². The molecule has 6 nitrogen and oxygen atoms in total. The molecule has 0 bridgehead atoms. The second-order valence-electron chi connectivity index (χ2n) is 7.69. The van der Waals surface area contributed by atoms with Gasteiger partial charge in [-0.25, -0.2) is 0 Å². The summed E-state index contributed by atoms with van der Waals surface area (Å²) in [6.07, 6.45) is 1.22. The molecule has 0 radical (unpaired) electrons. The fourth-order valence-electron chi connectivity index (χ4n) is 3.78. The lowest BCUT2D eigenvalue weighted by Gasteiger charge is -2.41. The number of carbonyl (C=O) groups excluding carboxylic acids is 1. The Morgan fingerprint density at radius 3 is 2.48 bits per heavy atom. The molecular formula is C19H34N4O2. The van der Waals surface area contributed by atoms with Gasteiger partial charge >= 0.3 is 0 Å². The van der Waals surface area contributed by atoms with Crippen molar-refractivity contribution in [2.75, 3.05) is 19.6 Å². The van der Waals surface area contributed by atoms with Crippen molar-refractivity contribution in [3.05, 3.63) is 17.5 Å². The minimum atomic E-state index is -0.0949. The first-order chi connectivity index (χ1) is 11.8. The van der Waals surface area contributed by atoms with Gasteiger partial charge < -0.3 is 10.1 Å². The Bertz CT molecular complexity index is 560. The van der Waals surface area contributed by atoms with Crippen molar-refractivity contribution in [2.45, 2.75) is 72.8 Å². The number of morpholine rings is 1. The van der Waals surface area contributed by atoms with Gasteiger partial charge in [0.15, 0.2) is 0 Å². The molecule has 1 aromatic rings. The van der Waals surface area contributed by atoms with Crippen molar-refractivity contribution >= 4 is 5.91 Å². The Morgan fingerprint density at radius 1 is 1.32 bits per heavy atom. The monoisotopic (exact) mass is 350 g/mol. The average molecular weight is 351 g/mol. The van der Waals surface area contributed by atoms with E-state index in [0.29, 0.717) is 6.54 Å². The van der Waals surface area contributed by atoms with Crippen molar-refractivity contribution in [1.82, 2.24) is 20.0 Å². The van der Waals surface area contributed by atoms with Gasteiger partial charge in [0.2, 0.25) is 5.91 Å². The summed E-state index contributed by atoms with van der Waals surface area (Å²) in [5.74, 6) is 0.401. The lowest BCUT2D eigenvalue weighted by Crippen LogP contribution is -2.57. The third-order valence-corrected chi connectivity index (χ3v) is 4.69. The highest BCUT2D eigenvalue weighted by molar-refractivity contribution is 5.82. The molecule has 3 atom stereocenters. The van der Waals surface area contributed by atoms with Crippen LogP contribution in [-0.4, -0.2) is 58.5 Å². The van der Waals surface area contributed by atoms with E-state index in [-0.39, 0.29) is 30.1 Å². The van der Waals surface area contributed by atoms with E-state index in [2.05, 4.69) is 56.0 Å². The Hall–Kier alpha value is -1.40. The van der Waals surface area contributed by atoms with E-state index < -0.39 is 0 Å². The number of nitrogens with one attached hydrogen (secondary N) is 1. The number of ether oxygens (including phenoxy) is 1. The molecule has 0 unspecified atom stereocenters. The fraction of sp³-hybridized carbons (Fsp3) is 0.789. The number of hydrogen-bond acceptors (Lipinski definition) is 4. The zero-order chi connectivity index (χ0) is 18.6. The highest BCUT2D eigenvalue weighted by Gasteiger charge is 2.33. The molecule has 25 heavy (non-hydrogen) atoms. The normalized spacial score (nSPS) is 23.0. The van der Waals surface area contributed by atoms with Crippen LogP contribution in [0.5, 0.6) is 0 Å². The number of nitrogens with zero attached hydrogens (tertiary/aromatic N) is 3. The van der Waals surface area contributed by atoms with Gasteiger partial charge in [-0.3, -0.25) is 14.4 Å². The summed E-state index contributed by atoms with van der Waals surface area (Å²) in [4.78, 5) is 15.0. The molecule has 0 aromatic carbocycles. The van der Waals surface area contributed by atoms with Crippen LogP contribution in [-0.2, 0) is 16.1 Å². The molecule has 1 aliphatic rings. The zero-order valence-corrected chi connectivity index (χ0v) is 16.6. The van der Waals surface area contributed by atoms with Gasteiger partial charge in [0, 0.05) is 31.9 Å². The second kappa shape index (κ2) is 8.81. The predicted molar refractivity (Wildman–Crippen MR) is 99.5 cm³/mol. The van der Waals surface area contributed by atoms with Gasteiger partial charge in [0.25, 0.3) is 0 Å². The standard InChI is InChI=1S/C19H34N4O2/c1-13(2)18(22-11-16(5)25-17(6)12-22)19(24)20-8-7-9-23-15(4)10-14(3)21-23/h10,13,16-18H,7-9,11-12H2,1-6H3,(H,20,24)/t16-,17+,18-/m1/s1. The van der Waals surface area contributed by atoms with Gasteiger partial charge in [-0.05, 0) is 46.1 Å². The number of amides is 1. The minimum absolute atomic E-state index is 0.0949. The highest BCUT2D eigenvalue weighted by Crippen LogP contribution is 2.18. The molecule has 2 rings (SSSR count). The first-order valence-electron chi connectivity index (χ1n) is 9.46. The van der Waals surface area contributed by atoms with Crippen LogP contribution in [0.4, 0.5) is 0 Å². The Balaban J connectivity index is 1.84. The second-order valence-corrected chi connectivity index (χ2v) is 7.69. The molecule has 0 spiro atoms. The molecule has 2 heterocycles. The fourth-order valence-corrected chi connectivity index (χ4v) is 3.78. The van der Waals surface area contributed by atoms with Crippen LogP contribution in [0.3, 0.4) is 0 Å². The third kappa shape index (κ3) is 5.54. The van der Waals surface area contributed by atoms with Crippen molar-refractivity contribution in [3.63, 3.8) is 0 Å². The quantitative estimate of drug-likeness (QED) is 0.766. The van der Waals surface area contributed by atoms with Crippen LogP contribution < -0.4 is 5.32 Å². The SMILES string of the molecule is Cc1cc(C)n(CCCNC(=O)[C@@H](C(C)C)N2C[C@@H](C)O[C@@H](C)C2)n1. The molecule has 1 saturated heterocycles. The molecule has 1 fully saturated rings. The van der Waals surface area contributed by atoms with Gasteiger partial charge in [0.1, 0.15) is 0 Å². The summed E-state index contributed by atoms with van der Waals surface area (Å²) in [5.41, 5.74) is 2.21. The van der Waals surface area contributed by atoms with Crippen LogP contribution >= 0.6 is 0 Å². The summed E-state index contributed by atoms with van der Waals surface area (Å²) in [6, 6.07) is 1.98. The van der Waals surface area contributed by atoms with Crippen LogP contribution in [0, 0.1) is 19.8 Å². The Kier molecular flexibility index (Phi) is 7.02. The maximum absolute atomic E-state index is 12.8. The smallest absolute Gasteiger partial charge is 0.237 e. The van der Waals surface area contributed by atoms with Crippen LogP contribution in [0.2, 0.25) is 0 Å². The Morgan fingerprint density at radius 2 is 1.96 bits per heavy atom. The third-order valence-electron chi connectivity index (χ3n) is 4.69. The van der Waals surface area contributed by atoms with Gasteiger partial charge in [0.05, 0.1) is 23.9 Å². The summed E-state index contributed by atoms with van der Waals surface area (Å²) < 4.78 is 7.81. The molecule has 1 N–H and O–H groups in total. The van der Waals surface area contributed by atoms with Gasteiger partial charge in [-0.15, -0.1) is 0 Å². The topological polar surface area (TPSA) is 59.4 Å². The van der Waals surface area contributed by atoms with E-state index in [0.717, 1.165) is 31.7 Å². The molecule has 0 saturated carbocycles. The van der Waals surface area contributed by atoms with E-state index >= 15 is 0 Å². The largest absolute Gasteiger partial charge is 0.373 e. The summed E-state index contributed by atoms with van der Waals surface area (Å²) in [6.45, 7) is 15.6. The molecule has 0 aliphatic carbocycles. The summed E-state index contributed by atoms with van der Waals surface area (Å²) in [5, 5.41) is 7.59. The van der Waals surface area contributed by atoms with Gasteiger partial charge in [-0.1, -0.05) is 13.8 Å². The molecular weight excluding hydrogens is 316 g/mol. The maximum Gasteiger partial charge on any atom is 0.237 e. The van der Waals surface area contributed by atoms with E-state index in [1.165, 1.54) is 5.69 Å². The highest BCUT2D eigenvalue weighted by atomic mass is 16.5. The van der Waals surface area contributed by atoms with Crippen LogP contribution in [0.15, 0.2) is 6.07 Å². The van der Waals surface area contributed by atoms with Gasteiger partial charge in [-0.2, -0.15) is 5.10 Å². The molecule has 142 valence electrons. The zero-order valence-electron chi connectivity index (χ0n) is 16.6. The lowest BCUT2D eigenvalue weighted by molar-refractivity contribution is -0.135. The average Bonchev–Trinajstić information content (AvgIpc) is 2.80. The van der Waals surface area contributed by atoms with Crippen molar-refractivity contribution in [1.29, 1.82) is 0 Å². The molecule has 1 amide bonds. The number of rotatable bonds is 7. The molecule has 1 aliphatic heterocycles. The number of carbonyl (C=O) groups is 1. The first-order valence-corrected chi connectivity index (χ1v) is 9.46. The molecule has 1 aromatic heterocycles. The lowest BCUT2D eigenvalue weighted by atomic mass is 9.99. The number of aromatic nitrogens is 2. The van der Waals surface area contributed by atoms with Crippen LogP contribution in [0.1, 0.15) is 45.5 Å².